The minimum atomic E-state index is -0.571. The number of aryl methyl sites for hydroxylation is 1. The van der Waals surface area contributed by atoms with Gasteiger partial charge in [-0.05, 0) is 25.3 Å². The van der Waals surface area contributed by atoms with E-state index < -0.39 is 11.2 Å². The van der Waals surface area contributed by atoms with Gasteiger partial charge in [-0.1, -0.05) is 41.6 Å². The van der Waals surface area contributed by atoms with Crippen LogP contribution >= 0.6 is 23.1 Å². The van der Waals surface area contributed by atoms with Gasteiger partial charge >= 0.3 is 0 Å². The van der Waals surface area contributed by atoms with Gasteiger partial charge < -0.3 is 11.1 Å². The third-order valence-electron chi connectivity index (χ3n) is 3.61. The largest absolute Gasteiger partial charge is 0.366 e. The van der Waals surface area contributed by atoms with Crippen LogP contribution < -0.4 is 11.1 Å². The molecule has 1 atom stereocenters. The van der Waals surface area contributed by atoms with Crippen LogP contribution in [0.25, 0.3) is 11.4 Å². The maximum absolute atomic E-state index is 12.4. The fourth-order valence-corrected chi connectivity index (χ4v) is 3.68. The highest BCUT2D eigenvalue weighted by Gasteiger charge is 2.20. The molecule has 0 radical (unpaired) electrons. The van der Waals surface area contributed by atoms with Crippen molar-refractivity contribution in [2.75, 3.05) is 5.32 Å². The predicted octanol–water partition coefficient (Wildman–Crippen LogP) is 3.06. The number of hydrogen-bond acceptors (Lipinski definition) is 6. The number of primary amides is 1. The number of rotatable bonds is 6. The van der Waals surface area contributed by atoms with Gasteiger partial charge in [0, 0.05) is 5.56 Å². The molecule has 3 aromatic rings. The van der Waals surface area contributed by atoms with Crippen molar-refractivity contribution in [2.45, 2.75) is 24.3 Å². The van der Waals surface area contributed by atoms with Crippen LogP contribution in [0, 0.1) is 6.92 Å². The second-order valence-corrected chi connectivity index (χ2v) is 7.83. The Balaban J connectivity index is 1.65. The fourth-order valence-electron chi connectivity index (χ4n) is 2.16. The van der Waals surface area contributed by atoms with E-state index in [4.69, 9.17) is 5.73 Å². The van der Waals surface area contributed by atoms with Crippen LogP contribution in [-0.2, 0) is 4.79 Å². The van der Waals surface area contributed by atoms with Crippen LogP contribution in [-0.4, -0.2) is 32.2 Å². The normalized spacial score (nSPS) is 11.9. The number of thioether (sulfide) groups is 1. The Hall–Kier alpha value is -2.65. The van der Waals surface area contributed by atoms with Crippen molar-refractivity contribution < 1.29 is 9.59 Å². The molecule has 0 bridgehead atoms. The van der Waals surface area contributed by atoms with Crippen molar-refractivity contribution in [2.24, 2.45) is 5.73 Å². The highest BCUT2D eigenvalue weighted by atomic mass is 32.2. The van der Waals surface area contributed by atoms with Crippen molar-refractivity contribution in [1.29, 1.82) is 0 Å². The molecule has 2 heterocycles. The molecule has 2 amide bonds. The van der Waals surface area contributed by atoms with E-state index in [0.717, 1.165) is 11.1 Å². The number of aromatic nitrogens is 3. The van der Waals surface area contributed by atoms with Crippen LogP contribution in [0.5, 0.6) is 0 Å². The quantitative estimate of drug-likeness (QED) is 0.563. The number of amides is 2. The molecule has 9 heteroatoms. The summed E-state index contributed by atoms with van der Waals surface area (Å²) in [4.78, 5) is 28.1. The van der Waals surface area contributed by atoms with Crippen LogP contribution in [0.4, 0.5) is 5.00 Å². The predicted molar refractivity (Wildman–Crippen MR) is 103 cm³/mol. The fraction of sp³-hybridized carbons (Fsp3) is 0.176. The molecule has 134 valence electrons. The smallest absolute Gasteiger partial charge is 0.251 e. The van der Waals surface area contributed by atoms with Gasteiger partial charge in [0.25, 0.3) is 5.91 Å². The van der Waals surface area contributed by atoms with Crippen LogP contribution in [0.2, 0.25) is 0 Å². The van der Waals surface area contributed by atoms with Gasteiger partial charge in [-0.2, -0.15) is 0 Å². The third kappa shape index (κ3) is 4.12. The topological polar surface area (TPSA) is 114 Å². The second-order valence-electron chi connectivity index (χ2n) is 5.61. The summed E-state index contributed by atoms with van der Waals surface area (Å²) in [6.45, 7) is 3.77. The van der Waals surface area contributed by atoms with Crippen molar-refractivity contribution in [3.05, 3.63) is 46.8 Å². The van der Waals surface area contributed by atoms with Crippen molar-refractivity contribution in [3.8, 4) is 11.4 Å². The van der Waals surface area contributed by atoms with Crippen molar-refractivity contribution in [3.63, 3.8) is 0 Å². The molecule has 0 unspecified atom stereocenters. The SMILES string of the molecule is Cc1ccc(-c2nc(S[C@@H](C)C(=O)Nc3sccc3C(N)=O)n[nH]2)cc1. The molecular weight excluding hydrogens is 370 g/mol. The van der Waals surface area contributed by atoms with E-state index >= 15 is 0 Å². The second kappa shape index (κ2) is 7.71. The molecule has 0 saturated heterocycles. The number of thiophene rings is 1. The number of anilines is 1. The summed E-state index contributed by atoms with van der Waals surface area (Å²) in [6, 6.07) is 9.50. The van der Waals surface area contributed by atoms with E-state index in [1.165, 1.54) is 23.1 Å². The van der Waals surface area contributed by atoms with E-state index in [1.54, 1.807) is 18.4 Å². The molecule has 7 nitrogen and oxygen atoms in total. The highest BCUT2D eigenvalue weighted by molar-refractivity contribution is 8.00. The van der Waals surface area contributed by atoms with Gasteiger partial charge in [-0.15, -0.1) is 16.4 Å². The van der Waals surface area contributed by atoms with E-state index in [-0.39, 0.29) is 5.91 Å². The molecule has 1 aromatic carbocycles. The molecule has 0 aliphatic heterocycles. The molecular formula is C17H17N5O2S2. The van der Waals surface area contributed by atoms with Crippen LogP contribution in [0.3, 0.4) is 0 Å². The summed E-state index contributed by atoms with van der Waals surface area (Å²) in [5.74, 6) is -0.172. The number of nitrogens with two attached hydrogens (primary N) is 1. The molecule has 3 rings (SSSR count). The Morgan fingerprint density at radius 2 is 2.00 bits per heavy atom. The monoisotopic (exact) mass is 387 g/mol. The lowest BCUT2D eigenvalue weighted by atomic mass is 10.1. The van der Waals surface area contributed by atoms with Crippen LogP contribution in [0.1, 0.15) is 22.8 Å². The van der Waals surface area contributed by atoms with E-state index in [1.807, 2.05) is 31.2 Å². The molecule has 2 aromatic heterocycles. The first-order chi connectivity index (χ1) is 12.4. The maximum atomic E-state index is 12.4. The number of nitrogens with one attached hydrogen (secondary N) is 2. The summed E-state index contributed by atoms with van der Waals surface area (Å²) in [6.07, 6.45) is 0. The Bertz CT molecular complexity index is 933. The van der Waals surface area contributed by atoms with Crippen molar-refractivity contribution in [1.82, 2.24) is 15.2 Å². The number of benzene rings is 1. The lowest BCUT2D eigenvalue weighted by Crippen LogP contribution is -2.23. The zero-order valence-electron chi connectivity index (χ0n) is 14.1. The Morgan fingerprint density at radius 3 is 2.69 bits per heavy atom. The third-order valence-corrected chi connectivity index (χ3v) is 5.40. The first-order valence-electron chi connectivity index (χ1n) is 7.78. The summed E-state index contributed by atoms with van der Waals surface area (Å²) < 4.78 is 0. The number of aromatic amines is 1. The zero-order valence-corrected chi connectivity index (χ0v) is 15.8. The van der Waals surface area contributed by atoms with Gasteiger partial charge in [-0.3, -0.25) is 14.7 Å². The van der Waals surface area contributed by atoms with Gasteiger partial charge in [-0.25, -0.2) is 4.98 Å². The molecule has 0 aliphatic carbocycles. The summed E-state index contributed by atoms with van der Waals surface area (Å²) in [7, 11) is 0. The Labute approximate surface area is 158 Å². The molecule has 26 heavy (non-hydrogen) atoms. The van der Waals surface area contributed by atoms with Crippen LogP contribution in [0.15, 0.2) is 40.9 Å². The first kappa shape index (κ1) is 18.2. The Kier molecular flexibility index (Phi) is 5.38. The van der Waals surface area contributed by atoms with Gasteiger partial charge in [0.15, 0.2) is 5.82 Å². The lowest BCUT2D eigenvalue weighted by Gasteiger charge is -2.09. The Morgan fingerprint density at radius 1 is 1.27 bits per heavy atom. The van der Waals surface area contributed by atoms with Gasteiger partial charge in [0.1, 0.15) is 5.00 Å². The van der Waals surface area contributed by atoms with E-state index in [0.29, 0.717) is 21.5 Å². The number of carbonyl (C=O) groups is 2. The van der Waals surface area contributed by atoms with E-state index in [9.17, 15) is 9.59 Å². The molecule has 0 fully saturated rings. The molecule has 4 N–H and O–H groups in total. The minimum Gasteiger partial charge on any atom is -0.366 e. The molecule has 0 aliphatic rings. The zero-order chi connectivity index (χ0) is 18.7. The minimum absolute atomic E-state index is 0.248. The maximum Gasteiger partial charge on any atom is 0.251 e. The number of carbonyl (C=O) groups excluding carboxylic acids is 2. The van der Waals surface area contributed by atoms with Gasteiger partial charge in [0.2, 0.25) is 11.1 Å². The van der Waals surface area contributed by atoms with Crippen molar-refractivity contribution >= 4 is 39.9 Å². The molecule has 0 saturated carbocycles. The average Bonchev–Trinajstić information content (AvgIpc) is 3.25. The number of H-pyrrole nitrogens is 1. The summed E-state index contributed by atoms with van der Waals surface area (Å²) in [5.41, 5.74) is 7.69. The van der Waals surface area contributed by atoms with E-state index in [2.05, 4.69) is 20.5 Å². The molecule has 0 spiro atoms. The first-order valence-corrected chi connectivity index (χ1v) is 9.54. The lowest BCUT2D eigenvalue weighted by molar-refractivity contribution is -0.115. The highest BCUT2D eigenvalue weighted by Crippen LogP contribution is 2.26. The number of hydrogen-bond donors (Lipinski definition) is 3. The summed E-state index contributed by atoms with van der Waals surface area (Å²) in [5, 5.41) is 12.0. The van der Waals surface area contributed by atoms with Gasteiger partial charge in [0.05, 0.1) is 10.8 Å². The number of nitrogens with zero attached hydrogens (tertiary/aromatic N) is 2. The summed E-state index contributed by atoms with van der Waals surface area (Å²) >= 11 is 2.48. The standard InChI is InChI=1S/C17H17N5O2S2/c1-9-3-5-11(6-4-9)14-19-17(22-21-14)26-10(2)15(24)20-16-12(13(18)23)7-8-25-16/h3-8,10H,1-2H3,(H2,18,23)(H,20,24)(H,19,21,22)/t10-/m0/s1. The average molecular weight is 387 g/mol.